The van der Waals surface area contributed by atoms with Gasteiger partial charge in [0.1, 0.15) is 0 Å². The van der Waals surface area contributed by atoms with E-state index in [2.05, 4.69) is 66.4 Å². The third-order valence-electron chi connectivity index (χ3n) is 4.44. The molecular formula is C18H22F3I2N3Pt. The quantitative estimate of drug-likeness (QED) is 0.264. The minimum Gasteiger partial charge on any atom is -0.185 e. The summed E-state index contributed by atoms with van der Waals surface area (Å²) in [5, 5.41) is 0. The van der Waals surface area contributed by atoms with Crippen molar-refractivity contribution >= 4 is 45.7 Å². The first-order valence-electron chi connectivity index (χ1n) is 8.62. The number of hydrogen-bond acceptors (Lipinski definition) is 1. The molecule has 0 radical (unpaired) electrons. The first-order valence-corrected chi connectivity index (χ1v) is 11.7. The van der Waals surface area contributed by atoms with Crippen molar-refractivity contribution in [1.29, 1.82) is 0 Å². The van der Waals surface area contributed by atoms with Gasteiger partial charge in [-0.15, -0.1) is 0 Å². The van der Waals surface area contributed by atoms with E-state index in [1.165, 1.54) is 44.2 Å². The summed E-state index contributed by atoms with van der Waals surface area (Å²) < 4.78 is 44.5. The molecule has 1 aliphatic carbocycles. The SMILES string of the molecule is Cn1ccn(Cc2ccc(C(F)(F)F)cc2)[c]1=[Pt].IN(I)C1CCCCC1. The molecular weight excluding hydrogens is 764 g/mol. The Balaban J connectivity index is 0.000000244. The Morgan fingerprint density at radius 2 is 1.67 bits per heavy atom. The second-order valence-electron chi connectivity index (χ2n) is 6.52. The summed E-state index contributed by atoms with van der Waals surface area (Å²) in [5.41, 5.74) is 0.233. The Morgan fingerprint density at radius 1 is 1.07 bits per heavy atom. The van der Waals surface area contributed by atoms with Crippen LogP contribution >= 0.6 is 45.7 Å². The van der Waals surface area contributed by atoms with Crippen LogP contribution in [0.2, 0.25) is 0 Å². The maximum atomic E-state index is 12.4. The smallest absolute Gasteiger partial charge is 0.0311 e. The molecule has 3 nitrogen and oxygen atoms in total. The number of alkyl halides is 3. The molecule has 0 spiro atoms. The van der Waals surface area contributed by atoms with Crippen LogP contribution in [0.15, 0.2) is 36.7 Å². The average molecular weight is 786 g/mol. The van der Waals surface area contributed by atoms with Crippen molar-refractivity contribution < 1.29 is 32.5 Å². The first kappa shape index (κ1) is 23.6. The molecule has 0 amide bonds. The van der Waals surface area contributed by atoms with Gasteiger partial charge in [-0.05, 0) is 12.8 Å². The van der Waals surface area contributed by atoms with Crippen LogP contribution in [-0.2, 0) is 39.1 Å². The number of imidazole rings is 1. The molecule has 9 heteroatoms. The van der Waals surface area contributed by atoms with Crippen molar-refractivity contribution in [3.63, 3.8) is 0 Å². The number of rotatable bonds is 3. The van der Waals surface area contributed by atoms with E-state index in [4.69, 9.17) is 0 Å². The maximum absolute atomic E-state index is 12.4. The third kappa shape index (κ3) is 7.58. The van der Waals surface area contributed by atoms with Crippen molar-refractivity contribution in [2.45, 2.75) is 50.9 Å². The van der Waals surface area contributed by atoms with Crippen molar-refractivity contribution in [3.05, 3.63) is 51.6 Å². The van der Waals surface area contributed by atoms with Crippen LogP contribution in [0.4, 0.5) is 13.2 Å². The number of halogens is 5. The van der Waals surface area contributed by atoms with Gasteiger partial charge in [-0.1, -0.05) is 19.3 Å². The Bertz CT molecular complexity index is 763. The van der Waals surface area contributed by atoms with Crippen LogP contribution in [0, 0.1) is 3.80 Å². The van der Waals surface area contributed by atoms with Gasteiger partial charge in [0.05, 0.1) is 0 Å². The number of benzene rings is 1. The predicted octanol–water partition coefficient (Wildman–Crippen LogP) is 6.29. The van der Waals surface area contributed by atoms with E-state index in [1.54, 1.807) is 0 Å². The van der Waals surface area contributed by atoms with Crippen LogP contribution < -0.4 is 0 Å². The fourth-order valence-corrected chi connectivity index (χ4v) is 4.51. The minimum absolute atomic E-state index is 0.567. The van der Waals surface area contributed by atoms with Crippen LogP contribution in [0.25, 0.3) is 0 Å². The van der Waals surface area contributed by atoms with Crippen molar-refractivity contribution in [1.82, 2.24) is 10.5 Å². The van der Waals surface area contributed by atoms with E-state index >= 15 is 0 Å². The summed E-state index contributed by atoms with van der Waals surface area (Å²) in [7, 11) is 1.92. The van der Waals surface area contributed by atoms with Crippen LogP contribution in [0.5, 0.6) is 0 Å². The summed E-state index contributed by atoms with van der Waals surface area (Å²) >= 11 is 6.94. The normalized spacial score (nSPS) is 15.6. The second kappa shape index (κ2) is 10.9. The van der Waals surface area contributed by atoms with Gasteiger partial charge in [0.15, 0.2) is 0 Å². The molecule has 1 aliphatic rings. The van der Waals surface area contributed by atoms with Gasteiger partial charge >= 0.3 is 113 Å². The Morgan fingerprint density at radius 3 is 2.07 bits per heavy atom. The molecule has 0 atom stereocenters. The number of aromatic nitrogens is 2. The summed E-state index contributed by atoms with van der Waals surface area (Å²) in [6.45, 7) is 0.567. The van der Waals surface area contributed by atoms with Crippen LogP contribution in [-0.4, -0.2) is 16.5 Å². The Hall–Kier alpha value is 0.328. The summed E-state index contributed by atoms with van der Waals surface area (Å²) in [6, 6.07) is 6.12. The topological polar surface area (TPSA) is 13.1 Å². The fraction of sp³-hybridized carbons (Fsp3) is 0.500. The van der Waals surface area contributed by atoms with Gasteiger partial charge in [-0.3, -0.25) is 0 Å². The number of nitrogens with zero attached hydrogens (tertiary/aromatic N) is 3. The van der Waals surface area contributed by atoms with E-state index in [1.807, 2.05) is 28.6 Å². The predicted molar refractivity (Wildman–Crippen MR) is 114 cm³/mol. The zero-order chi connectivity index (χ0) is 20.0. The molecule has 1 aromatic heterocycles. The molecule has 1 aromatic carbocycles. The molecule has 154 valence electrons. The standard InChI is InChI=1S/C12H11F3N2.C6H11I2N.Pt/c1-16-6-7-17(9-16)8-10-2-4-11(5-3-10)12(13,14)15;7-9(8)6-4-2-1-3-5-6;/h2-7H,8H2,1H3;6H,1-5H2;. The summed E-state index contributed by atoms with van der Waals surface area (Å²) in [5.74, 6) is 0. The van der Waals surface area contributed by atoms with Crippen molar-refractivity contribution in [2.75, 3.05) is 0 Å². The summed E-state index contributed by atoms with van der Waals surface area (Å²) in [4.78, 5) is 0. The zero-order valence-electron chi connectivity index (χ0n) is 14.8. The number of aryl methyl sites for hydroxylation is 1. The zero-order valence-corrected chi connectivity index (χ0v) is 21.4. The molecule has 2 aromatic rings. The van der Waals surface area contributed by atoms with Gasteiger partial charge in [0.2, 0.25) is 0 Å². The molecule has 0 bridgehead atoms. The van der Waals surface area contributed by atoms with E-state index in [0.29, 0.717) is 6.54 Å². The molecule has 0 aliphatic heterocycles. The minimum atomic E-state index is -4.27. The largest absolute Gasteiger partial charge is 0.185 e. The maximum Gasteiger partial charge on any atom is 0.0311 e. The van der Waals surface area contributed by atoms with Crippen LogP contribution in [0.3, 0.4) is 0 Å². The summed E-state index contributed by atoms with van der Waals surface area (Å²) in [6.07, 6.45) is 6.69. The van der Waals surface area contributed by atoms with E-state index in [9.17, 15) is 13.2 Å². The second-order valence-corrected chi connectivity index (χ2v) is 11.5. The Labute approximate surface area is 196 Å². The fourth-order valence-electron chi connectivity index (χ4n) is 2.88. The van der Waals surface area contributed by atoms with Gasteiger partial charge in [0.25, 0.3) is 0 Å². The van der Waals surface area contributed by atoms with E-state index in [0.717, 1.165) is 27.5 Å². The molecule has 0 saturated heterocycles. The number of hydrogen-bond donors (Lipinski definition) is 0. The van der Waals surface area contributed by atoms with Crippen molar-refractivity contribution in [3.8, 4) is 0 Å². The van der Waals surface area contributed by atoms with Gasteiger partial charge in [-0.25, -0.2) is 0 Å². The molecule has 1 heterocycles. The molecule has 1 fully saturated rings. The van der Waals surface area contributed by atoms with E-state index in [-0.39, 0.29) is 0 Å². The molecule has 27 heavy (non-hydrogen) atoms. The molecule has 0 unspecified atom stereocenters. The van der Waals surface area contributed by atoms with Gasteiger partial charge in [-0.2, -0.15) is 1.33 Å². The van der Waals surface area contributed by atoms with Gasteiger partial charge in [0, 0.05) is 51.8 Å². The monoisotopic (exact) mass is 786 g/mol. The Kier molecular flexibility index (Phi) is 9.55. The molecule has 0 N–H and O–H groups in total. The van der Waals surface area contributed by atoms with Crippen LogP contribution in [0.1, 0.15) is 43.2 Å². The first-order chi connectivity index (χ1) is 12.7. The average Bonchev–Trinajstić information content (AvgIpc) is 2.95. The molecule has 3 rings (SSSR count). The third-order valence-corrected chi connectivity index (χ3v) is 7.47. The van der Waals surface area contributed by atoms with Gasteiger partial charge < -0.3 is 0 Å². The molecule has 1 saturated carbocycles. The van der Waals surface area contributed by atoms with Crippen molar-refractivity contribution in [2.24, 2.45) is 7.05 Å². The van der Waals surface area contributed by atoms with E-state index < -0.39 is 11.7 Å².